The number of hydrogen-bond acceptors (Lipinski definition) is 4. The molecule has 2 atom stereocenters. The van der Waals surface area contributed by atoms with E-state index in [1.807, 2.05) is 13.8 Å². The summed E-state index contributed by atoms with van der Waals surface area (Å²) in [6.45, 7) is 17.7. The molecule has 0 fully saturated rings. The smallest absolute Gasteiger partial charge is 0.0593 e. The molecule has 0 bridgehead atoms. The highest BCUT2D eigenvalue weighted by molar-refractivity contribution is 4.89. The topological polar surface area (TPSA) is 47.7 Å². The van der Waals surface area contributed by atoms with E-state index in [-0.39, 0.29) is 11.5 Å². The van der Waals surface area contributed by atoms with Crippen molar-refractivity contribution in [3.8, 4) is 0 Å². The molecule has 4 nitrogen and oxygen atoms in total. The van der Waals surface area contributed by atoms with Crippen molar-refractivity contribution in [1.29, 1.82) is 0 Å². The molecular weight excluding hydrogens is 240 g/mol. The van der Waals surface area contributed by atoms with Crippen LogP contribution in [0.2, 0.25) is 0 Å². The molecule has 0 aliphatic carbocycles. The molecule has 0 amide bonds. The summed E-state index contributed by atoms with van der Waals surface area (Å²) in [6, 6.07) is 0.455. The minimum absolute atomic E-state index is 0.128. The Labute approximate surface area is 119 Å². The van der Waals surface area contributed by atoms with E-state index in [9.17, 15) is 0 Å². The van der Waals surface area contributed by atoms with E-state index in [0.717, 1.165) is 39.5 Å². The Balaban J connectivity index is 4.63. The third kappa shape index (κ3) is 7.88. The molecule has 2 N–H and O–H groups in total. The fraction of sp³-hybridized carbons (Fsp3) is 1.00. The Hall–Kier alpha value is -0.160. The van der Waals surface area contributed by atoms with Crippen LogP contribution in [-0.4, -0.2) is 56.5 Å². The van der Waals surface area contributed by atoms with Gasteiger partial charge < -0.3 is 15.2 Å². The maximum absolute atomic E-state index is 6.21. The molecular formula is C15H34N2O2. The normalized spacial score (nSPS) is 15.8. The van der Waals surface area contributed by atoms with Gasteiger partial charge in [0.05, 0.1) is 13.2 Å². The van der Waals surface area contributed by atoms with Crippen molar-refractivity contribution in [1.82, 2.24) is 4.90 Å². The minimum Gasteiger partial charge on any atom is -0.380 e. The van der Waals surface area contributed by atoms with Crippen LogP contribution >= 0.6 is 0 Å². The summed E-state index contributed by atoms with van der Waals surface area (Å²) in [6.07, 6.45) is 0. The Kier molecular flexibility index (Phi) is 9.62. The first-order chi connectivity index (χ1) is 8.84. The van der Waals surface area contributed by atoms with Crippen LogP contribution in [-0.2, 0) is 9.47 Å². The Bertz CT molecular complexity index is 205. The molecule has 0 aliphatic heterocycles. The van der Waals surface area contributed by atoms with Crippen LogP contribution in [0.4, 0.5) is 0 Å². The summed E-state index contributed by atoms with van der Waals surface area (Å²) in [5.74, 6) is 0. The number of rotatable bonds is 10. The van der Waals surface area contributed by atoms with Gasteiger partial charge in [-0.25, -0.2) is 0 Å². The number of nitrogens with two attached hydrogens (primary N) is 1. The quantitative estimate of drug-likeness (QED) is 0.620. The van der Waals surface area contributed by atoms with Crippen LogP contribution < -0.4 is 5.73 Å². The minimum atomic E-state index is 0.128. The molecule has 0 radical (unpaired) electrons. The van der Waals surface area contributed by atoms with Crippen molar-refractivity contribution in [2.24, 2.45) is 11.1 Å². The average molecular weight is 274 g/mol. The van der Waals surface area contributed by atoms with Crippen LogP contribution in [0.3, 0.4) is 0 Å². The molecule has 0 saturated heterocycles. The lowest BCUT2D eigenvalue weighted by atomic mass is 9.82. The predicted octanol–water partition coefficient (Wildman–Crippen LogP) is 2.12. The van der Waals surface area contributed by atoms with Crippen molar-refractivity contribution in [3.05, 3.63) is 0 Å². The predicted molar refractivity (Wildman–Crippen MR) is 81.5 cm³/mol. The summed E-state index contributed by atoms with van der Waals surface area (Å²) in [5, 5.41) is 0. The lowest BCUT2D eigenvalue weighted by Crippen LogP contribution is -2.55. The Morgan fingerprint density at radius 1 is 1.00 bits per heavy atom. The van der Waals surface area contributed by atoms with E-state index in [2.05, 4.69) is 32.6 Å². The third-order valence-electron chi connectivity index (χ3n) is 3.23. The van der Waals surface area contributed by atoms with E-state index in [1.54, 1.807) is 0 Å². The van der Waals surface area contributed by atoms with Gasteiger partial charge in [0.15, 0.2) is 0 Å². The molecule has 0 spiro atoms. The largest absolute Gasteiger partial charge is 0.380 e. The fourth-order valence-corrected chi connectivity index (χ4v) is 2.71. The van der Waals surface area contributed by atoms with Crippen LogP contribution in [0.25, 0.3) is 0 Å². The van der Waals surface area contributed by atoms with Crippen LogP contribution in [0.15, 0.2) is 0 Å². The van der Waals surface area contributed by atoms with Crippen molar-refractivity contribution < 1.29 is 9.47 Å². The summed E-state index contributed by atoms with van der Waals surface area (Å²) < 4.78 is 11.0. The molecule has 0 saturated carbocycles. The second-order valence-electron chi connectivity index (χ2n) is 6.10. The highest BCUT2D eigenvalue weighted by atomic mass is 16.5. The lowest BCUT2D eigenvalue weighted by Gasteiger charge is -2.42. The summed E-state index contributed by atoms with van der Waals surface area (Å²) in [7, 11) is 0. The van der Waals surface area contributed by atoms with Crippen LogP contribution in [0.5, 0.6) is 0 Å². The van der Waals surface area contributed by atoms with E-state index in [4.69, 9.17) is 15.2 Å². The van der Waals surface area contributed by atoms with Gasteiger partial charge in [-0.05, 0) is 26.2 Å². The molecule has 0 aliphatic rings. The third-order valence-corrected chi connectivity index (χ3v) is 3.23. The van der Waals surface area contributed by atoms with Gasteiger partial charge >= 0.3 is 0 Å². The standard InChI is InChI=1S/C15H34N2O2/c1-7-18-11-9-17(10-12-19-8-2)14(13(3)16)15(4,5)6/h13-14H,7-12,16H2,1-6H3. The second kappa shape index (κ2) is 9.70. The van der Waals surface area contributed by atoms with Gasteiger partial charge in [-0.1, -0.05) is 20.8 Å². The monoisotopic (exact) mass is 274 g/mol. The molecule has 19 heavy (non-hydrogen) atoms. The summed E-state index contributed by atoms with van der Waals surface area (Å²) >= 11 is 0. The van der Waals surface area contributed by atoms with E-state index in [0.29, 0.717) is 6.04 Å². The molecule has 2 unspecified atom stereocenters. The van der Waals surface area contributed by atoms with Gasteiger partial charge in [-0.3, -0.25) is 4.90 Å². The molecule has 0 rings (SSSR count). The van der Waals surface area contributed by atoms with Crippen LogP contribution in [0.1, 0.15) is 41.5 Å². The zero-order chi connectivity index (χ0) is 14.9. The molecule has 116 valence electrons. The van der Waals surface area contributed by atoms with Crippen molar-refractivity contribution >= 4 is 0 Å². The van der Waals surface area contributed by atoms with Gasteiger partial charge in [0.1, 0.15) is 0 Å². The van der Waals surface area contributed by atoms with Gasteiger partial charge in [0, 0.05) is 38.4 Å². The van der Waals surface area contributed by atoms with E-state index >= 15 is 0 Å². The van der Waals surface area contributed by atoms with Gasteiger partial charge in [-0.2, -0.15) is 0 Å². The second-order valence-corrected chi connectivity index (χ2v) is 6.10. The van der Waals surface area contributed by atoms with Gasteiger partial charge in [0.2, 0.25) is 0 Å². The highest BCUT2D eigenvalue weighted by Gasteiger charge is 2.32. The van der Waals surface area contributed by atoms with Crippen molar-refractivity contribution in [2.75, 3.05) is 39.5 Å². The first kappa shape index (κ1) is 18.8. The summed E-state index contributed by atoms with van der Waals surface area (Å²) in [5.41, 5.74) is 6.35. The number of nitrogens with zero attached hydrogens (tertiary/aromatic N) is 1. The van der Waals surface area contributed by atoms with Gasteiger partial charge in [-0.15, -0.1) is 0 Å². The van der Waals surface area contributed by atoms with Crippen LogP contribution in [0, 0.1) is 5.41 Å². The fourth-order valence-electron chi connectivity index (χ4n) is 2.71. The average Bonchev–Trinajstić information content (AvgIpc) is 2.26. The molecule has 0 heterocycles. The number of hydrogen-bond donors (Lipinski definition) is 1. The maximum Gasteiger partial charge on any atom is 0.0593 e. The van der Waals surface area contributed by atoms with Gasteiger partial charge in [0.25, 0.3) is 0 Å². The Morgan fingerprint density at radius 2 is 1.42 bits per heavy atom. The Morgan fingerprint density at radius 3 is 1.68 bits per heavy atom. The molecule has 0 aromatic rings. The zero-order valence-corrected chi connectivity index (χ0v) is 13.7. The van der Waals surface area contributed by atoms with E-state index < -0.39 is 0 Å². The van der Waals surface area contributed by atoms with E-state index in [1.165, 1.54) is 0 Å². The summed E-state index contributed by atoms with van der Waals surface area (Å²) in [4.78, 5) is 2.41. The number of ether oxygens (including phenoxy) is 2. The lowest BCUT2D eigenvalue weighted by molar-refractivity contribution is 0.0227. The zero-order valence-electron chi connectivity index (χ0n) is 13.7. The molecule has 0 aromatic heterocycles. The highest BCUT2D eigenvalue weighted by Crippen LogP contribution is 2.26. The van der Waals surface area contributed by atoms with Crippen molar-refractivity contribution in [3.63, 3.8) is 0 Å². The SMILES string of the molecule is CCOCCN(CCOCC)C(C(C)N)C(C)(C)C. The molecule has 0 aromatic carbocycles. The van der Waals surface area contributed by atoms with Crippen molar-refractivity contribution in [2.45, 2.75) is 53.6 Å². The molecule has 4 heteroatoms. The maximum atomic E-state index is 6.21. The first-order valence-electron chi connectivity index (χ1n) is 7.49. The first-order valence-corrected chi connectivity index (χ1v) is 7.49.